The maximum Gasteiger partial charge on any atom is 0.260 e. The van der Waals surface area contributed by atoms with Crippen molar-refractivity contribution in [3.8, 4) is 16.5 Å². The van der Waals surface area contributed by atoms with Gasteiger partial charge in [0.05, 0.1) is 11.4 Å². The number of hydrogen-bond donors (Lipinski definition) is 0. The molecule has 3 heterocycles. The van der Waals surface area contributed by atoms with Gasteiger partial charge in [0.1, 0.15) is 5.75 Å². The molecule has 0 saturated carbocycles. The Morgan fingerprint density at radius 1 is 1.13 bits per heavy atom. The molecular formula is C22H24N4O4S. The number of thiophene rings is 1. The van der Waals surface area contributed by atoms with Gasteiger partial charge >= 0.3 is 0 Å². The van der Waals surface area contributed by atoms with Gasteiger partial charge in [-0.2, -0.15) is 4.98 Å². The number of piperazine rings is 1. The molecule has 8 nitrogen and oxygen atoms in total. The maximum atomic E-state index is 12.5. The highest BCUT2D eigenvalue weighted by atomic mass is 32.1. The van der Waals surface area contributed by atoms with E-state index in [9.17, 15) is 9.59 Å². The molecule has 3 aromatic rings. The minimum atomic E-state index is -0.0499. The quantitative estimate of drug-likeness (QED) is 0.497. The Morgan fingerprint density at radius 3 is 2.58 bits per heavy atom. The van der Waals surface area contributed by atoms with Crippen LogP contribution in [0.3, 0.4) is 0 Å². The second kappa shape index (κ2) is 9.84. The van der Waals surface area contributed by atoms with E-state index in [-0.39, 0.29) is 18.3 Å². The van der Waals surface area contributed by atoms with Crippen molar-refractivity contribution in [2.75, 3.05) is 32.8 Å². The van der Waals surface area contributed by atoms with Crippen molar-refractivity contribution >= 4 is 23.0 Å². The highest BCUT2D eigenvalue weighted by Crippen LogP contribution is 2.21. The van der Waals surface area contributed by atoms with E-state index < -0.39 is 0 Å². The number of nitrogens with zero attached hydrogens (tertiary/aromatic N) is 4. The summed E-state index contributed by atoms with van der Waals surface area (Å²) in [6.07, 6.45) is 0.465. The molecule has 0 atom stereocenters. The molecule has 0 aliphatic carbocycles. The first-order valence-electron chi connectivity index (χ1n) is 10.2. The molecule has 1 aliphatic rings. The lowest BCUT2D eigenvalue weighted by Crippen LogP contribution is -2.49. The molecule has 1 amide bonds. The van der Waals surface area contributed by atoms with Crippen LogP contribution in [-0.4, -0.2) is 64.4 Å². The number of carbonyl (C=O) groups is 2. The molecule has 0 spiro atoms. The number of hydrogen-bond acceptors (Lipinski definition) is 8. The van der Waals surface area contributed by atoms with E-state index in [0.717, 1.165) is 18.0 Å². The van der Waals surface area contributed by atoms with Gasteiger partial charge in [-0.05, 0) is 35.7 Å². The molecule has 1 fully saturated rings. The Labute approximate surface area is 184 Å². The van der Waals surface area contributed by atoms with Gasteiger partial charge in [0, 0.05) is 38.2 Å². The van der Waals surface area contributed by atoms with Crippen LogP contribution in [-0.2, 0) is 11.3 Å². The van der Waals surface area contributed by atoms with Crippen molar-refractivity contribution in [2.45, 2.75) is 19.9 Å². The molecule has 1 aromatic carbocycles. The minimum absolute atomic E-state index is 0.0189. The molecule has 1 aliphatic heterocycles. The Bertz CT molecular complexity index is 1010. The van der Waals surface area contributed by atoms with Gasteiger partial charge < -0.3 is 14.2 Å². The van der Waals surface area contributed by atoms with Gasteiger partial charge in [0.15, 0.2) is 12.4 Å². The van der Waals surface area contributed by atoms with E-state index in [2.05, 4.69) is 15.0 Å². The minimum Gasteiger partial charge on any atom is -0.484 e. The highest BCUT2D eigenvalue weighted by Gasteiger charge is 2.23. The average Bonchev–Trinajstić information content (AvgIpc) is 3.50. The molecule has 9 heteroatoms. The second-order valence-corrected chi connectivity index (χ2v) is 8.18. The van der Waals surface area contributed by atoms with Gasteiger partial charge in [-0.1, -0.05) is 18.1 Å². The van der Waals surface area contributed by atoms with Gasteiger partial charge in [0.2, 0.25) is 11.7 Å². The summed E-state index contributed by atoms with van der Waals surface area (Å²) in [6.45, 7) is 5.09. The van der Waals surface area contributed by atoms with Gasteiger partial charge in [-0.3, -0.25) is 14.5 Å². The summed E-state index contributed by atoms with van der Waals surface area (Å²) in [5.41, 5.74) is 0.654. The Kier molecular flexibility index (Phi) is 6.73. The number of ether oxygens (including phenoxy) is 1. The zero-order chi connectivity index (χ0) is 21.6. The van der Waals surface area contributed by atoms with E-state index in [4.69, 9.17) is 9.26 Å². The number of ketones is 1. The van der Waals surface area contributed by atoms with Crippen LogP contribution < -0.4 is 4.74 Å². The number of Topliss-reactive ketones (excluding diaryl/α,β-unsaturated/α-hetero) is 1. The van der Waals surface area contributed by atoms with E-state index in [0.29, 0.717) is 49.1 Å². The molecule has 0 N–H and O–H groups in total. The number of aromatic nitrogens is 2. The van der Waals surface area contributed by atoms with Crippen molar-refractivity contribution < 1.29 is 18.8 Å². The smallest absolute Gasteiger partial charge is 0.260 e. The van der Waals surface area contributed by atoms with Crippen LogP contribution in [0.25, 0.3) is 10.7 Å². The third-order valence-corrected chi connectivity index (χ3v) is 6.02. The van der Waals surface area contributed by atoms with Crippen molar-refractivity contribution in [1.29, 1.82) is 0 Å². The standard InChI is InChI=1S/C22H24N4O4S/c1-2-18(27)16-5-7-17(8-6-16)29-15-21(28)26-11-9-25(10-12-26)14-20-23-22(24-30-20)19-4-3-13-31-19/h3-8,13H,2,9-12,14-15H2,1H3. The lowest BCUT2D eigenvalue weighted by atomic mass is 10.1. The summed E-state index contributed by atoms with van der Waals surface area (Å²) in [7, 11) is 0. The predicted molar refractivity (Wildman–Crippen MR) is 116 cm³/mol. The van der Waals surface area contributed by atoms with Crippen LogP contribution in [0.2, 0.25) is 0 Å². The first-order valence-corrected chi connectivity index (χ1v) is 11.1. The zero-order valence-corrected chi connectivity index (χ0v) is 18.1. The first-order chi connectivity index (χ1) is 15.1. The summed E-state index contributed by atoms with van der Waals surface area (Å²) in [6, 6.07) is 10.8. The molecule has 0 unspecified atom stereocenters. The lowest BCUT2D eigenvalue weighted by Gasteiger charge is -2.33. The molecule has 2 aromatic heterocycles. The van der Waals surface area contributed by atoms with Gasteiger partial charge in [-0.15, -0.1) is 11.3 Å². The summed E-state index contributed by atoms with van der Waals surface area (Å²) >= 11 is 1.58. The number of amides is 1. The van der Waals surface area contributed by atoms with E-state index in [1.54, 1.807) is 40.5 Å². The van der Waals surface area contributed by atoms with Gasteiger partial charge in [0.25, 0.3) is 5.91 Å². The first kappa shape index (κ1) is 21.2. The normalized spacial score (nSPS) is 14.5. The largest absolute Gasteiger partial charge is 0.484 e. The molecular weight excluding hydrogens is 416 g/mol. The highest BCUT2D eigenvalue weighted by molar-refractivity contribution is 7.13. The van der Waals surface area contributed by atoms with Gasteiger partial charge in [-0.25, -0.2) is 0 Å². The third kappa shape index (κ3) is 5.36. The topological polar surface area (TPSA) is 88.8 Å². The van der Waals surface area contributed by atoms with Crippen molar-refractivity contribution in [2.24, 2.45) is 0 Å². The van der Waals surface area contributed by atoms with Crippen LogP contribution in [0.4, 0.5) is 0 Å². The predicted octanol–water partition coefficient (Wildman–Crippen LogP) is 3.11. The number of rotatable bonds is 8. The Balaban J connectivity index is 1.21. The monoisotopic (exact) mass is 440 g/mol. The maximum absolute atomic E-state index is 12.5. The summed E-state index contributed by atoms with van der Waals surface area (Å²) in [5, 5.41) is 6.02. The molecule has 31 heavy (non-hydrogen) atoms. The number of carbonyl (C=O) groups excluding carboxylic acids is 2. The Morgan fingerprint density at radius 2 is 1.90 bits per heavy atom. The SMILES string of the molecule is CCC(=O)c1ccc(OCC(=O)N2CCN(Cc3nc(-c4cccs4)no3)CC2)cc1. The van der Waals surface area contributed by atoms with Crippen molar-refractivity contribution in [3.05, 3.63) is 53.2 Å². The van der Waals surface area contributed by atoms with Crippen LogP contribution in [0.5, 0.6) is 5.75 Å². The van der Waals surface area contributed by atoms with Crippen LogP contribution in [0.15, 0.2) is 46.3 Å². The zero-order valence-electron chi connectivity index (χ0n) is 17.3. The average molecular weight is 441 g/mol. The molecule has 1 saturated heterocycles. The third-order valence-electron chi connectivity index (χ3n) is 5.15. The van der Waals surface area contributed by atoms with Crippen LogP contribution in [0.1, 0.15) is 29.6 Å². The fourth-order valence-electron chi connectivity index (χ4n) is 3.35. The fraction of sp³-hybridized carbons (Fsp3) is 0.364. The molecule has 4 rings (SSSR count). The molecule has 0 bridgehead atoms. The van der Waals surface area contributed by atoms with E-state index >= 15 is 0 Å². The van der Waals surface area contributed by atoms with E-state index in [1.807, 2.05) is 24.4 Å². The summed E-state index contributed by atoms with van der Waals surface area (Å²) < 4.78 is 11.0. The second-order valence-electron chi connectivity index (χ2n) is 7.24. The van der Waals surface area contributed by atoms with Crippen molar-refractivity contribution in [1.82, 2.24) is 19.9 Å². The van der Waals surface area contributed by atoms with Crippen LogP contribution in [0, 0.1) is 0 Å². The van der Waals surface area contributed by atoms with Crippen LogP contribution >= 0.6 is 11.3 Å². The number of benzene rings is 1. The van der Waals surface area contributed by atoms with E-state index in [1.165, 1.54) is 0 Å². The molecule has 0 radical (unpaired) electrons. The summed E-state index contributed by atoms with van der Waals surface area (Å²) in [5.74, 6) is 1.81. The lowest BCUT2D eigenvalue weighted by molar-refractivity contribution is -0.135. The molecule has 162 valence electrons. The Hall–Kier alpha value is -3.04. The summed E-state index contributed by atoms with van der Waals surface area (Å²) in [4.78, 5) is 33.6. The fourth-order valence-corrected chi connectivity index (χ4v) is 4.00. The van der Waals surface area contributed by atoms with Crippen molar-refractivity contribution in [3.63, 3.8) is 0 Å².